The zero-order chi connectivity index (χ0) is 16.0. The number of nitrogen functional groups attached to an aromatic ring is 1. The molecule has 0 unspecified atom stereocenters. The Morgan fingerprint density at radius 1 is 1.43 bits per heavy atom. The first-order chi connectivity index (χ1) is 9.67. The lowest BCUT2D eigenvalue weighted by Crippen LogP contribution is -2.32. The lowest BCUT2D eigenvalue weighted by molar-refractivity contribution is -0.143. The van der Waals surface area contributed by atoms with Crippen LogP contribution in [0.25, 0.3) is 0 Å². The Labute approximate surface area is 126 Å². The minimum absolute atomic E-state index is 0.114. The molecule has 1 aromatic rings. The second-order valence-corrected chi connectivity index (χ2v) is 5.15. The van der Waals surface area contributed by atoms with E-state index in [9.17, 15) is 18.0 Å². The molecular formula is C13H17ClF3N3O. The van der Waals surface area contributed by atoms with Crippen LogP contribution in [0.15, 0.2) is 18.2 Å². The Bertz CT molecular complexity index is 494. The molecule has 8 heteroatoms. The van der Waals surface area contributed by atoms with Gasteiger partial charge in [-0.2, -0.15) is 13.2 Å². The summed E-state index contributed by atoms with van der Waals surface area (Å²) >= 11 is 5.90. The molecular weight excluding hydrogens is 307 g/mol. The van der Waals surface area contributed by atoms with Crippen LogP contribution in [0.4, 0.5) is 24.5 Å². The Kier molecular flexibility index (Phi) is 6.29. The molecule has 0 heterocycles. The summed E-state index contributed by atoms with van der Waals surface area (Å²) in [7, 11) is 1.36. The Balaban J connectivity index is 2.34. The molecule has 1 amide bonds. The van der Waals surface area contributed by atoms with E-state index >= 15 is 0 Å². The molecule has 21 heavy (non-hydrogen) atoms. The maximum absolute atomic E-state index is 12.1. The third-order valence-corrected chi connectivity index (χ3v) is 2.97. The molecule has 0 saturated heterocycles. The Morgan fingerprint density at radius 2 is 2.10 bits per heavy atom. The van der Waals surface area contributed by atoms with Gasteiger partial charge < -0.3 is 11.1 Å². The summed E-state index contributed by atoms with van der Waals surface area (Å²) in [5.74, 6) is -0.304. The highest BCUT2D eigenvalue weighted by atomic mass is 35.5. The van der Waals surface area contributed by atoms with Crippen LogP contribution in [0.5, 0.6) is 0 Å². The largest absolute Gasteiger partial charge is 0.401 e. The van der Waals surface area contributed by atoms with E-state index in [1.807, 2.05) is 0 Å². The third-order valence-electron chi connectivity index (χ3n) is 2.66. The molecule has 0 spiro atoms. The monoisotopic (exact) mass is 323 g/mol. The van der Waals surface area contributed by atoms with Crippen molar-refractivity contribution in [2.24, 2.45) is 0 Å². The molecule has 0 aliphatic carbocycles. The lowest BCUT2D eigenvalue weighted by atomic mass is 10.2. The minimum atomic E-state index is -4.23. The molecule has 4 nitrogen and oxygen atoms in total. The highest BCUT2D eigenvalue weighted by Crippen LogP contribution is 2.24. The summed E-state index contributed by atoms with van der Waals surface area (Å²) in [5.41, 5.74) is 6.44. The highest BCUT2D eigenvalue weighted by Gasteiger charge is 2.28. The fraction of sp³-hybridized carbons (Fsp3) is 0.462. The van der Waals surface area contributed by atoms with E-state index in [-0.39, 0.29) is 18.9 Å². The molecule has 0 aromatic heterocycles. The van der Waals surface area contributed by atoms with Gasteiger partial charge in [0.2, 0.25) is 5.91 Å². The smallest absolute Gasteiger partial charge is 0.399 e. The van der Waals surface area contributed by atoms with E-state index in [0.717, 1.165) is 4.90 Å². The number of alkyl halides is 3. The molecule has 0 saturated carbocycles. The summed E-state index contributed by atoms with van der Waals surface area (Å²) in [6.45, 7) is -0.805. The maximum Gasteiger partial charge on any atom is 0.401 e. The van der Waals surface area contributed by atoms with Crippen molar-refractivity contribution in [1.29, 1.82) is 0 Å². The van der Waals surface area contributed by atoms with Crippen LogP contribution >= 0.6 is 11.6 Å². The highest BCUT2D eigenvalue weighted by molar-refractivity contribution is 6.34. The number of benzene rings is 1. The molecule has 0 aliphatic rings. The van der Waals surface area contributed by atoms with Crippen LogP contribution in [0.1, 0.15) is 12.8 Å². The number of nitrogens with one attached hydrogen (secondary N) is 1. The fourth-order valence-corrected chi connectivity index (χ4v) is 1.98. The van der Waals surface area contributed by atoms with Crippen molar-refractivity contribution >= 4 is 28.9 Å². The standard InChI is InChI=1S/C13H17ClF3N3O/c1-20(8-13(15,16)17)6-2-3-12(21)19-11-5-4-9(18)7-10(11)14/h4-5,7H,2-3,6,8,18H2,1H3,(H,19,21). The van der Waals surface area contributed by atoms with E-state index in [1.165, 1.54) is 13.1 Å². The van der Waals surface area contributed by atoms with Gasteiger partial charge >= 0.3 is 6.18 Å². The van der Waals surface area contributed by atoms with Gasteiger partial charge in [-0.1, -0.05) is 11.6 Å². The number of rotatable bonds is 6. The average Bonchev–Trinajstić information content (AvgIpc) is 2.30. The van der Waals surface area contributed by atoms with Crippen molar-refractivity contribution in [2.45, 2.75) is 19.0 Å². The van der Waals surface area contributed by atoms with Gasteiger partial charge in [0.05, 0.1) is 17.3 Å². The molecule has 0 radical (unpaired) electrons. The van der Waals surface area contributed by atoms with Crippen molar-refractivity contribution in [3.8, 4) is 0 Å². The van der Waals surface area contributed by atoms with Crippen LogP contribution < -0.4 is 11.1 Å². The number of nitrogens with two attached hydrogens (primary N) is 1. The van der Waals surface area contributed by atoms with Crippen LogP contribution in [0.2, 0.25) is 5.02 Å². The Morgan fingerprint density at radius 3 is 2.67 bits per heavy atom. The second-order valence-electron chi connectivity index (χ2n) is 4.74. The molecule has 118 valence electrons. The van der Waals surface area contributed by atoms with E-state index < -0.39 is 12.7 Å². The van der Waals surface area contributed by atoms with Gasteiger partial charge in [0, 0.05) is 12.1 Å². The van der Waals surface area contributed by atoms with Crippen LogP contribution in [0.3, 0.4) is 0 Å². The Hall–Kier alpha value is -1.47. The van der Waals surface area contributed by atoms with Gasteiger partial charge in [-0.25, -0.2) is 0 Å². The minimum Gasteiger partial charge on any atom is -0.399 e. The molecule has 3 N–H and O–H groups in total. The maximum atomic E-state index is 12.1. The molecule has 0 bridgehead atoms. The van der Waals surface area contributed by atoms with Crippen molar-refractivity contribution in [3.05, 3.63) is 23.2 Å². The summed E-state index contributed by atoms with van der Waals surface area (Å²) in [4.78, 5) is 12.8. The third kappa shape index (κ3) is 7.19. The van der Waals surface area contributed by atoms with Crippen molar-refractivity contribution in [2.75, 3.05) is 31.2 Å². The van der Waals surface area contributed by atoms with Crippen LogP contribution in [-0.2, 0) is 4.79 Å². The number of halogens is 4. The molecule has 1 rings (SSSR count). The first-order valence-corrected chi connectivity index (χ1v) is 6.65. The van der Waals surface area contributed by atoms with Gasteiger partial charge in [-0.15, -0.1) is 0 Å². The molecule has 0 atom stereocenters. The first kappa shape index (κ1) is 17.6. The number of hydrogen-bond acceptors (Lipinski definition) is 3. The van der Waals surface area contributed by atoms with Gasteiger partial charge in [0.25, 0.3) is 0 Å². The predicted octanol–water partition coefficient (Wildman–Crippen LogP) is 3.14. The molecule has 0 aliphatic heterocycles. The summed E-state index contributed by atoms with van der Waals surface area (Å²) < 4.78 is 36.3. The van der Waals surface area contributed by atoms with E-state index in [1.54, 1.807) is 12.1 Å². The number of hydrogen-bond donors (Lipinski definition) is 2. The average molecular weight is 324 g/mol. The number of carbonyl (C=O) groups excluding carboxylic acids is 1. The quantitative estimate of drug-likeness (QED) is 0.791. The number of amides is 1. The van der Waals surface area contributed by atoms with Crippen molar-refractivity contribution < 1.29 is 18.0 Å². The predicted molar refractivity (Wildman–Crippen MR) is 77.3 cm³/mol. The van der Waals surface area contributed by atoms with Gasteiger partial charge in [-0.3, -0.25) is 9.69 Å². The SMILES string of the molecule is CN(CCCC(=O)Nc1ccc(N)cc1Cl)CC(F)(F)F. The summed E-state index contributed by atoms with van der Waals surface area (Å²) in [6, 6.07) is 4.68. The molecule has 0 fully saturated rings. The topological polar surface area (TPSA) is 58.4 Å². The lowest BCUT2D eigenvalue weighted by Gasteiger charge is -2.18. The van der Waals surface area contributed by atoms with Crippen molar-refractivity contribution in [3.63, 3.8) is 0 Å². The number of nitrogens with zero attached hydrogens (tertiary/aromatic N) is 1. The van der Waals surface area contributed by atoms with E-state index in [4.69, 9.17) is 17.3 Å². The van der Waals surface area contributed by atoms with Crippen molar-refractivity contribution in [1.82, 2.24) is 4.90 Å². The second kappa shape index (κ2) is 7.51. The van der Waals surface area contributed by atoms with Crippen LogP contribution in [0, 0.1) is 0 Å². The number of carbonyl (C=O) groups is 1. The normalized spacial score (nSPS) is 11.7. The zero-order valence-electron chi connectivity index (χ0n) is 11.5. The fourth-order valence-electron chi connectivity index (χ4n) is 1.74. The first-order valence-electron chi connectivity index (χ1n) is 6.27. The summed E-state index contributed by atoms with van der Waals surface area (Å²) in [6.07, 6.45) is -3.79. The summed E-state index contributed by atoms with van der Waals surface area (Å²) in [5, 5.41) is 2.91. The zero-order valence-corrected chi connectivity index (χ0v) is 12.3. The van der Waals surface area contributed by atoms with E-state index in [2.05, 4.69) is 5.32 Å². The van der Waals surface area contributed by atoms with Crippen LogP contribution in [-0.4, -0.2) is 37.1 Å². The van der Waals surface area contributed by atoms with E-state index in [0.29, 0.717) is 22.8 Å². The van der Waals surface area contributed by atoms with Gasteiger partial charge in [0.15, 0.2) is 0 Å². The van der Waals surface area contributed by atoms with Gasteiger partial charge in [-0.05, 0) is 38.2 Å². The molecule has 1 aromatic carbocycles. The van der Waals surface area contributed by atoms with Gasteiger partial charge in [0.1, 0.15) is 0 Å². The number of anilines is 2.